The van der Waals surface area contributed by atoms with Crippen LogP contribution >= 0.6 is 12.2 Å². The number of amides is 1. The third kappa shape index (κ3) is 6.00. The fourth-order valence-electron chi connectivity index (χ4n) is 3.74. The molecule has 3 aromatic carbocycles. The monoisotopic (exact) mass is 537 g/mol. The van der Waals surface area contributed by atoms with E-state index in [0.717, 1.165) is 5.56 Å². The van der Waals surface area contributed by atoms with Gasteiger partial charge in [-0.15, -0.1) is 10.2 Å². The Morgan fingerprint density at radius 3 is 2.08 bits per heavy atom. The molecule has 0 fully saturated rings. The lowest BCUT2D eigenvalue weighted by Gasteiger charge is -2.17. The van der Waals surface area contributed by atoms with E-state index in [4.69, 9.17) is 26.4 Å². The summed E-state index contributed by atoms with van der Waals surface area (Å²) in [5, 5.41) is 14.8. The second kappa shape index (κ2) is 11.9. The van der Waals surface area contributed by atoms with Gasteiger partial charge >= 0.3 is 0 Å². The summed E-state index contributed by atoms with van der Waals surface area (Å²) in [6.07, 6.45) is 0. The van der Waals surface area contributed by atoms with E-state index in [1.54, 1.807) is 30.3 Å². The number of aryl methyl sites for hydroxylation is 1. The Hall–Kier alpha value is -4.25. The summed E-state index contributed by atoms with van der Waals surface area (Å²) in [6, 6.07) is 12.7. The number of fused-ring (bicyclic) bond motifs is 1. The molecule has 0 bridgehead atoms. The fourth-order valence-corrected chi connectivity index (χ4v) is 3.94. The van der Waals surface area contributed by atoms with Crippen molar-refractivity contribution in [3.05, 3.63) is 65.5 Å². The number of benzene rings is 3. The first-order chi connectivity index (χ1) is 18.3. The molecule has 0 aliphatic carbocycles. The van der Waals surface area contributed by atoms with Gasteiger partial charge < -0.3 is 19.5 Å². The number of nitrogens with zero attached hydrogens (tertiary/aromatic N) is 3. The van der Waals surface area contributed by atoms with Crippen LogP contribution in [0.5, 0.6) is 17.2 Å². The summed E-state index contributed by atoms with van der Waals surface area (Å²) in [7, 11) is 0. The zero-order chi connectivity index (χ0) is 27.2. The topological polar surface area (TPSA) is 99.5 Å². The second-order valence-electron chi connectivity index (χ2n) is 8.13. The minimum Gasteiger partial charge on any atom is -0.490 e. The van der Waals surface area contributed by atoms with Gasteiger partial charge in [-0.1, -0.05) is 0 Å². The van der Waals surface area contributed by atoms with Crippen LogP contribution in [0, 0.1) is 12.7 Å². The minimum absolute atomic E-state index is 0.105. The third-order valence-corrected chi connectivity index (χ3v) is 5.63. The quantitative estimate of drug-likeness (QED) is 0.282. The highest BCUT2D eigenvalue weighted by molar-refractivity contribution is 7.80. The van der Waals surface area contributed by atoms with Gasteiger partial charge in [0.2, 0.25) is 5.75 Å². The van der Waals surface area contributed by atoms with E-state index >= 15 is 0 Å². The van der Waals surface area contributed by atoms with Crippen LogP contribution in [0.15, 0.2) is 48.5 Å². The molecule has 4 rings (SSSR count). The molecule has 0 atom stereocenters. The molecule has 0 spiro atoms. The van der Waals surface area contributed by atoms with Crippen LogP contribution in [0.1, 0.15) is 36.7 Å². The van der Waals surface area contributed by atoms with E-state index in [-0.39, 0.29) is 10.9 Å². The van der Waals surface area contributed by atoms with Crippen molar-refractivity contribution in [1.29, 1.82) is 0 Å². The molecule has 1 heterocycles. The van der Waals surface area contributed by atoms with Gasteiger partial charge in [-0.3, -0.25) is 10.1 Å². The average molecular weight is 538 g/mol. The largest absolute Gasteiger partial charge is 0.490 e. The molecular formula is C27H28FN5O4S. The summed E-state index contributed by atoms with van der Waals surface area (Å²) >= 11 is 5.42. The summed E-state index contributed by atoms with van der Waals surface area (Å²) in [5.41, 5.74) is 3.70. The van der Waals surface area contributed by atoms with E-state index in [1.165, 1.54) is 16.9 Å². The van der Waals surface area contributed by atoms with Crippen LogP contribution in [0.25, 0.3) is 16.7 Å². The van der Waals surface area contributed by atoms with E-state index in [9.17, 15) is 9.18 Å². The number of ether oxygens (including phenoxy) is 3. The lowest BCUT2D eigenvalue weighted by molar-refractivity contribution is 0.0976. The van der Waals surface area contributed by atoms with Gasteiger partial charge in [0.15, 0.2) is 16.6 Å². The molecule has 0 aliphatic rings. The van der Waals surface area contributed by atoms with Crippen molar-refractivity contribution >= 4 is 40.0 Å². The van der Waals surface area contributed by atoms with Gasteiger partial charge in [-0.2, -0.15) is 4.80 Å². The molecule has 38 heavy (non-hydrogen) atoms. The lowest BCUT2D eigenvalue weighted by atomic mass is 10.1. The van der Waals surface area contributed by atoms with Gasteiger partial charge in [0.1, 0.15) is 16.9 Å². The van der Waals surface area contributed by atoms with Gasteiger partial charge in [0.25, 0.3) is 5.91 Å². The summed E-state index contributed by atoms with van der Waals surface area (Å²) in [4.78, 5) is 14.5. The number of nitrogens with one attached hydrogen (secondary N) is 2. The van der Waals surface area contributed by atoms with E-state index in [1.807, 2.05) is 33.8 Å². The van der Waals surface area contributed by atoms with Crippen molar-refractivity contribution in [3.63, 3.8) is 0 Å². The molecule has 9 nitrogen and oxygen atoms in total. The average Bonchev–Trinajstić information content (AvgIpc) is 3.29. The first kappa shape index (κ1) is 26.8. The first-order valence-electron chi connectivity index (χ1n) is 12.1. The summed E-state index contributed by atoms with van der Waals surface area (Å²) < 4.78 is 30.4. The highest BCUT2D eigenvalue weighted by Crippen LogP contribution is 2.39. The Kier molecular flexibility index (Phi) is 8.37. The molecule has 198 valence electrons. The molecular weight excluding hydrogens is 509 g/mol. The SMILES string of the molecule is CCOc1cc(C(=O)NC(=S)Nc2cc3nn(-c4ccc(F)cc4)nc3cc2C)cc(OCC)c1OCC. The van der Waals surface area contributed by atoms with Crippen LogP contribution in [-0.4, -0.2) is 45.8 Å². The second-order valence-corrected chi connectivity index (χ2v) is 8.54. The van der Waals surface area contributed by atoms with Gasteiger partial charge in [-0.05, 0) is 94.0 Å². The van der Waals surface area contributed by atoms with Crippen LogP contribution in [0.2, 0.25) is 0 Å². The molecule has 0 unspecified atom stereocenters. The summed E-state index contributed by atoms with van der Waals surface area (Å²) in [6.45, 7) is 8.64. The molecule has 1 aromatic heterocycles. The molecule has 0 saturated carbocycles. The lowest BCUT2D eigenvalue weighted by Crippen LogP contribution is -2.34. The van der Waals surface area contributed by atoms with Crippen LogP contribution in [0.4, 0.5) is 10.1 Å². The number of hydrogen-bond donors (Lipinski definition) is 2. The van der Waals surface area contributed by atoms with E-state index in [0.29, 0.717) is 65.0 Å². The molecule has 0 aliphatic heterocycles. The number of carbonyl (C=O) groups excluding carboxylic acids is 1. The van der Waals surface area contributed by atoms with Gasteiger partial charge in [-0.25, -0.2) is 4.39 Å². The highest BCUT2D eigenvalue weighted by Gasteiger charge is 2.19. The Bertz CT molecular complexity index is 1450. The van der Waals surface area contributed by atoms with Gasteiger partial charge in [0.05, 0.1) is 25.5 Å². The maximum atomic E-state index is 13.3. The smallest absolute Gasteiger partial charge is 0.257 e. The van der Waals surface area contributed by atoms with Gasteiger partial charge in [0, 0.05) is 11.3 Å². The highest BCUT2D eigenvalue weighted by atomic mass is 32.1. The molecule has 11 heteroatoms. The Labute approximate surface area is 224 Å². The number of thiocarbonyl (C=S) groups is 1. The van der Waals surface area contributed by atoms with Crippen molar-refractivity contribution in [3.8, 4) is 22.9 Å². The molecule has 2 N–H and O–H groups in total. The zero-order valence-electron chi connectivity index (χ0n) is 21.5. The predicted octanol–water partition coefficient (Wildman–Crippen LogP) is 5.19. The Morgan fingerprint density at radius 1 is 0.921 bits per heavy atom. The van der Waals surface area contributed by atoms with Crippen LogP contribution < -0.4 is 24.8 Å². The maximum absolute atomic E-state index is 13.3. The molecule has 4 aromatic rings. The molecule has 0 saturated heterocycles. The normalized spacial score (nSPS) is 10.8. The first-order valence-corrected chi connectivity index (χ1v) is 12.6. The zero-order valence-corrected chi connectivity index (χ0v) is 22.3. The van der Waals surface area contributed by atoms with Crippen molar-refractivity contribution < 1.29 is 23.4 Å². The molecule has 0 radical (unpaired) electrons. The molecule has 1 amide bonds. The van der Waals surface area contributed by atoms with E-state index < -0.39 is 5.91 Å². The fraction of sp³-hybridized carbons (Fsp3) is 0.259. The van der Waals surface area contributed by atoms with E-state index in [2.05, 4.69) is 20.8 Å². The number of halogens is 1. The van der Waals surface area contributed by atoms with Crippen LogP contribution in [0.3, 0.4) is 0 Å². The Morgan fingerprint density at radius 2 is 1.50 bits per heavy atom. The number of carbonyl (C=O) groups is 1. The van der Waals surface area contributed by atoms with Crippen molar-refractivity contribution in [1.82, 2.24) is 20.3 Å². The standard InChI is InChI=1S/C27H28FN5O4S/c1-5-35-23-13-17(14-24(36-6-2)25(23)37-7-3)26(34)30-27(38)29-20-15-22-21(12-16(20)4)31-33(32-22)19-10-8-18(28)9-11-19/h8-15H,5-7H2,1-4H3,(H2,29,30,34,38). The minimum atomic E-state index is -0.437. The number of hydrogen-bond acceptors (Lipinski definition) is 7. The van der Waals surface area contributed by atoms with Crippen molar-refractivity contribution in [2.75, 3.05) is 25.1 Å². The van der Waals surface area contributed by atoms with Crippen LogP contribution in [-0.2, 0) is 0 Å². The number of aromatic nitrogens is 3. The Balaban J connectivity index is 1.53. The summed E-state index contributed by atoms with van der Waals surface area (Å²) in [5.74, 6) is 0.501. The maximum Gasteiger partial charge on any atom is 0.257 e. The number of anilines is 1. The van der Waals surface area contributed by atoms with Crippen molar-refractivity contribution in [2.24, 2.45) is 0 Å². The third-order valence-electron chi connectivity index (χ3n) is 5.43. The number of rotatable bonds is 9. The van der Waals surface area contributed by atoms with Crippen molar-refractivity contribution in [2.45, 2.75) is 27.7 Å². The predicted molar refractivity (Wildman–Crippen MR) is 147 cm³/mol.